The van der Waals surface area contributed by atoms with Crippen LogP contribution in [0.3, 0.4) is 0 Å². The third-order valence-electron chi connectivity index (χ3n) is 1.81. The predicted octanol–water partition coefficient (Wildman–Crippen LogP) is 2.07. The molecule has 2 heterocycles. The minimum Gasteiger partial charge on any atom is -0.408 e. The smallest absolute Gasteiger partial charge is 0.284 e. The zero-order valence-electron chi connectivity index (χ0n) is 7.70. The summed E-state index contributed by atoms with van der Waals surface area (Å²) in [6.45, 7) is 2.11. The average molecular weight is 210 g/mol. The van der Waals surface area contributed by atoms with Gasteiger partial charge in [0.1, 0.15) is 5.69 Å². The molecular formula is C8H10N4OS. The summed E-state index contributed by atoms with van der Waals surface area (Å²) in [6.07, 6.45) is 2.05. The van der Waals surface area contributed by atoms with Gasteiger partial charge in [-0.3, -0.25) is 5.10 Å². The van der Waals surface area contributed by atoms with Gasteiger partial charge in [-0.15, -0.1) is 5.10 Å². The molecule has 0 saturated heterocycles. The molecule has 0 aliphatic rings. The van der Waals surface area contributed by atoms with Crippen LogP contribution in [0.2, 0.25) is 0 Å². The summed E-state index contributed by atoms with van der Waals surface area (Å²) in [5.74, 6) is 0.425. The maximum Gasteiger partial charge on any atom is 0.284 e. The molecule has 6 heteroatoms. The molecule has 0 radical (unpaired) electrons. The molecule has 0 atom stereocenters. The topological polar surface area (TPSA) is 70.5 Å². The van der Waals surface area contributed by atoms with Gasteiger partial charge in [0.15, 0.2) is 0 Å². The summed E-state index contributed by atoms with van der Waals surface area (Å²) in [5.41, 5.74) is 1.76. The predicted molar refractivity (Wildman–Crippen MR) is 53.3 cm³/mol. The SMILES string of the molecule is CCCc1cc(-c2n[nH]c(=S)o2)n[nH]1. The van der Waals surface area contributed by atoms with E-state index in [2.05, 4.69) is 27.3 Å². The van der Waals surface area contributed by atoms with E-state index < -0.39 is 0 Å². The molecule has 2 N–H and O–H groups in total. The van der Waals surface area contributed by atoms with Crippen molar-refractivity contribution in [3.8, 4) is 11.6 Å². The molecule has 5 nitrogen and oxygen atoms in total. The number of hydrogen-bond donors (Lipinski definition) is 2. The number of aromatic nitrogens is 4. The Morgan fingerprint density at radius 3 is 2.93 bits per heavy atom. The second-order valence-electron chi connectivity index (χ2n) is 2.95. The lowest BCUT2D eigenvalue weighted by Crippen LogP contribution is -1.80. The van der Waals surface area contributed by atoms with E-state index >= 15 is 0 Å². The van der Waals surface area contributed by atoms with E-state index in [0.717, 1.165) is 18.5 Å². The highest BCUT2D eigenvalue weighted by Crippen LogP contribution is 2.15. The van der Waals surface area contributed by atoms with E-state index in [1.807, 2.05) is 6.07 Å². The van der Waals surface area contributed by atoms with Crippen LogP contribution in [-0.4, -0.2) is 20.4 Å². The minimum absolute atomic E-state index is 0.264. The monoisotopic (exact) mass is 210 g/mol. The first kappa shape index (κ1) is 9.14. The molecule has 2 rings (SSSR count). The fourth-order valence-electron chi connectivity index (χ4n) is 1.21. The van der Waals surface area contributed by atoms with Crippen LogP contribution >= 0.6 is 12.2 Å². The van der Waals surface area contributed by atoms with Crippen molar-refractivity contribution < 1.29 is 4.42 Å². The van der Waals surface area contributed by atoms with Crippen molar-refractivity contribution in [3.63, 3.8) is 0 Å². The van der Waals surface area contributed by atoms with Crippen LogP contribution in [0, 0.1) is 4.84 Å². The molecule has 0 saturated carbocycles. The molecule has 2 aromatic rings. The van der Waals surface area contributed by atoms with Gasteiger partial charge < -0.3 is 4.42 Å². The maximum atomic E-state index is 5.13. The van der Waals surface area contributed by atoms with E-state index in [-0.39, 0.29) is 4.84 Å². The van der Waals surface area contributed by atoms with Crippen molar-refractivity contribution >= 4 is 12.2 Å². The van der Waals surface area contributed by atoms with Gasteiger partial charge in [0, 0.05) is 5.69 Å². The molecule has 0 aromatic carbocycles. The summed E-state index contributed by atoms with van der Waals surface area (Å²) in [5, 5.41) is 13.4. The number of rotatable bonds is 3. The summed E-state index contributed by atoms with van der Waals surface area (Å²) in [6, 6.07) is 1.91. The Morgan fingerprint density at radius 1 is 1.43 bits per heavy atom. The van der Waals surface area contributed by atoms with Gasteiger partial charge in [-0.1, -0.05) is 13.3 Å². The van der Waals surface area contributed by atoms with Crippen LogP contribution in [0.25, 0.3) is 11.6 Å². The van der Waals surface area contributed by atoms with Gasteiger partial charge in [0.25, 0.3) is 10.7 Å². The highest BCUT2D eigenvalue weighted by molar-refractivity contribution is 7.71. The summed E-state index contributed by atoms with van der Waals surface area (Å²) >= 11 is 4.77. The molecule has 0 aliphatic carbocycles. The normalized spacial score (nSPS) is 10.6. The second-order valence-corrected chi connectivity index (χ2v) is 3.32. The maximum absolute atomic E-state index is 5.13. The number of hydrogen-bond acceptors (Lipinski definition) is 4. The first-order chi connectivity index (χ1) is 6.79. The number of nitrogens with zero attached hydrogens (tertiary/aromatic N) is 2. The lowest BCUT2D eigenvalue weighted by atomic mass is 10.2. The zero-order valence-corrected chi connectivity index (χ0v) is 8.52. The lowest BCUT2D eigenvalue weighted by Gasteiger charge is -1.86. The van der Waals surface area contributed by atoms with E-state index in [0.29, 0.717) is 11.6 Å². The van der Waals surface area contributed by atoms with Crippen molar-refractivity contribution in [3.05, 3.63) is 16.6 Å². The zero-order chi connectivity index (χ0) is 9.97. The largest absolute Gasteiger partial charge is 0.408 e. The van der Waals surface area contributed by atoms with Gasteiger partial charge in [0.2, 0.25) is 0 Å². The second kappa shape index (κ2) is 3.75. The Bertz CT molecular complexity index is 469. The molecular weight excluding hydrogens is 200 g/mol. The van der Waals surface area contributed by atoms with Crippen molar-refractivity contribution in [1.29, 1.82) is 0 Å². The standard InChI is InChI=1S/C8H10N4OS/c1-2-3-5-4-6(10-9-5)7-11-12-8(14)13-7/h4H,2-3H2,1H3,(H,9,10)(H,12,14). The van der Waals surface area contributed by atoms with Crippen molar-refractivity contribution in [1.82, 2.24) is 20.4 Å². The van der Waals surface area contributed by atoms with Crippen LogP contribution in [-0.2, 0) is 6.42 Å². The Labute approximate surface area is 85.5 Å². The fourth-order valence-corrected chi connectivity index (χ4v) is 1.33. The number of aromatic amines is 2. The fraction of sp³-hybridized carbons (Fsp3) is 0.375. The highest BCUT2D eigenvalue weighted by Gasteiger charge is 2.08. The van der Waals surface area contributed by atoms with Crippen LogP contribution < -0.4 is 0 Å². The molecule has 0 fully saturated rings. The minimum atomic E-state index is 0.264. The quantitative estimate of drug-likeness (QED) is 0.761. The molecule has 74 valence electrons. The van der Waals surface area contributed by atoms with Gasteiger partial charge in [0.05, 0.1) is 0 Å². The van der Waals surface area contributed by atoms with E-state index in [4.69, 9.17) is 16.6 Å². The first-order valence-electron chi connectivity index (χ1n) is 4.39. The third kappa shape index (κ3) is 1.74. The van der Waals surface area contributed by atoms with E-state index in [1.165, 1.54) is 0 Å². The van der Waals surface area contributed by atoms with Crippen LogP contribution in [0.15, 0.2) is 10.5 Å². The molecule has 0 spiro atoms. The number of nitrogens with one attached hydrogen (secondary N) is 2. The van der Waals surface area contributed by atoms with Gasteiger partial charge in [-0.25, -0.2) is 5.10 Å². The summed E-state index contributed by atoms with van der Waals surface area (Å²) in [4.78, 5) is 0.264. The number of H-pyrrole nitrogens is 2. The van der Waals surface area contributed by atoms with Crippen LogP contribution in [0.4, 0.5) is 0 Å². The first-order valence-corrected chi connectivity index (χ1v) is 4.80. The number of aryl methyl sites for hydroxylation is 1. The van der Waals surface area contributed by atoms with Crippen molar-refractivity contribution in [2.24, 2.45) is 0 Å². The molecule has 14 heavy (non-hydrogen) atoms. The Hall–Kier alpha value is -1.43. The van der Waals surface area contributed by atoms with Gasteiger partial charge in [-0.2, -0.15) is 5.10 Å². The lowest BCUT2D eigenvalue weighted by molar-refractivity contribution is 0.549. The van der Waals surface area contributed by atoms with E-state index in [9.17, 15) is 0 Å². The summed E-state index contributed by atoms with van der Waals surface area (Å²) in [7, 11) is 0. The van der Waals surface area contributed by atoms with Gasteiger partial charge in [-0.05, 0) is 24.7 Å². The van der Waals surface area contributed by atoms with Gasteiger partial charge >= 0.3 is 0 Å². The third-order valence-corrected chi connectivity index (χ3v) is 1.98. The Kier molecular flexibility index (Phi) is 2.45. The average Bonchev–Trinajstić information content (AvgIpc) is 2.74. The molecule has 0 unspecified atom stereocenters. The summed E-state index contributed by atoms with van der Waals surface area (Å²) < 4.78 is 5.13. The van der Waals surface area contributed by atoms with Crippen molar-refractivity contribution in [2.45, 2.75) is 19.8 Å². The van der Waals surface area contributed by atoms with Crippen molar-refractivity contribution in [2.75, 3.05) is 0 Å². The molecule has 2 aromatic heterocycles. The van der Waals surface area contributed by atoms with E-state index in [1.54, 1.807) is 0 Å². The molecule has 0 bridgehead atoms. The molecule has 0 amide bonds. The van der Waals surface area contributed by atoms with Crippen LogP contribution in [0.5, 0.6) is 0 Å². The molecule has 0 aliphatic heterocycles. The highest BCUT2D eigenvalue weighted by atomic mass is 32.1. The Morgan fingerprint density at radius 2 is 2.29 bits per heavy atom. The Balaban J connectivity index is 2.28. The van der Waals surface area contributed by atoms with Crippen LogP contribution in [0.1, 0.15) is 19.0 Å².